The summed E-state index contributed by atoms with van der Waals surface area (Å²) in [5.41, 5.74) is 4.11. The van der Waals surface area contributed by atoms with E-state index in [1.807, 2.05) is 44.7 Å². The molecule has 0 bridgehead atoms. The maximum Gasteiger partial charge on any atom is 0.323 e. The quantitative estimate of drug-likeness (QED) is 0.527. The fourth-order valence-electron chi connectivity index (χ4n) is 4.56. The standard InChI is InChI=1S/C23H29N5O4S/c1-14-11-15(2)21(16(3)12-14)33(31,32)28-9-7-27(8-10-28)17(4)22(29)24-18-5-6-19-20(13-18)26-23(30)25-19/h5-6,11-13,17H,7-10H2,1-4H3,(H,24,29)(H2,25,26,30)/t17-/m1/s1. The van der Waals surface area contributed by atoms with Crippen LogP contribution >= 0.6 is 0 Å². The molecule has 1 atom stereocenters. The summed E-state index contributed by atoms with van der Waals surface area (Å²) in [6, 6.07) is 8.51. The second kappa shape index (κ2) is 8.77. The predicted molar refractivity (Wildman–Crippen MR) is 128 cm³/mol. The van der Waals surface area contributed by atoms with Crippen LogP contribution in [0.15, 0.2) is 40.0 Å². The van der Waals surface area contributed by atoms with Crippen LogP contribution < -0.4 is 11.0 Å². The van der Waals surface area contributed by atoms with E-state index in [9.17, 15) is 18.0 Å². The number of fused-ring (bicyclic) bond motifs is 1. The number of aromatic amines is 2. The van der Waals surface area contributed by atoms with Crippen molar-refractivity contribution >= 4 is 32.7 Å². The molecule has 9 nitrogen and oxygen atoms in total. The van der Waals surface area contributed by atoms with Crippen LogP contribution in [0.25, 0.3) is 11.0 Å². The van der Waals surface area contributed by atoms with Crippen LogP contribution in [0.3, 0.4) is 0 Å². The molecule has 2 heterocycles. The highest BCUT2D eigenvalue weighted by molar-refractivity contribution is 7.89. The molecule has 33 heavy (non-hydrogen) atoms. The number of rotatable bonds is 5. The molecule has 1 aromatic heterocycles. The second-order valence-corrected chi connectivity index (χ2v) is 10.5. The molecule has 1 fully saturated rings. The maximum absolute atomic E-state index is 13.3. The number of sulfonamides is 1. The molecule has 1 amide bonds. The van der Waals surface area contributed by atoms with Crippen LogP contribution in [0.2, 0.25) is 0 Å². The van der Waals surface area contributed by atoms with Crippen LogP contribution in [0, 0.1) is 20.8 Å². The number of anilines is 1. The van der Waals surface area contributed by atoms with Crippen molar-refractivity contribution in [2.24, 2.45) is 0 Å². The first-order valence-electron chi connectivity index (χ1n) is 10.9. The van der Waals surface area contributed by atoms with Crippen molar-refractivity contribution in [1.82, 2.24) is 19.2 Å². The van der Waals surface area contributed by atoms with Crippen molar-refractivity contribution in [3.63, 3.8) is 0 Å². The van der Waals surface area contributed by atoms with Crippen molar-refractivity contribution in [3.8, 4) is 0 Å². The van der Waals surface area contributed by atoms with Crippen LogP contribution in [0.4, 0.5) is 5.69 Å². The van der Waals surface area contributed by atoms with E-state index in [1.165, 1.54) is 4.31 Å². The molecule has 1 saturated heterocycles. The first-order chi connectivity index (χ1) is 15.6. The monoisotopic (exact) mass is 471 g/mol. The van der Waals surface area contributed by atoms with E-state index in [2.05, 4.69) is 15.3 Å². The molecule has 176 valence electrons. The topological polar surface area (TPSA) is 118 Å². The number of nitrogens with one attached hydrogen (secondary N) is 3. The molecule has 3 N–H and O–H groups in total. The lowest BCUT2D eigenvalue weighted by Gasteiger charge is -2.37. The number of hydrogen-bond donors (Lipinski definition) is 3. The highest BCUT2D eigenvalue weighted by atomic mass is 32.2. The molecule has 0 saturated carbocycles. The van der Waals surface area contributed by atoms with E-state index in [4.69, 9.17) is 0 Å². The first kappa shape index (κ1) is 23.2. The van der Waals surface area contributed by atoms with E-state index in [1.54, 1.807) is 18.2 Å². The van der Waals surface area contributed by atoms with Gasteiger partial charge in [0.05, 0.1) is 22.0 Å². The Bertz CT molecular complexity index is 1340. The van der Waals surface area contributed by atoms with E-state index in [0.717, 1.165) is 16.7 Å². The van der Waals surface area contributed by atoms with Crippen molar-refractivity contribution in [3.05, 3.63) is 57.5 Å². The van der Waals surface area contributed by atoms with Crippen LogP contribution in [-0.2, 0) is 14.8 Å². The average molecular weight is 472 g/mol. The van der Waals surface area contributed by atoms with E-state index < -0.39 is 16.1 Å². The minimum absolute atomic E-state index is 0.186. The number of carbonyl (C=O) groups is 1. The van der Waals surface area contributed by atoms with E-state index in [0.29, 0.717) is 47.8 Å². The number of benzene rings is 2. The lowest BCUT2D eigenvalue weighted by Crippen LogP contribution is -2.54. The minimum Gasteiger partial charge on any atom is -0.325 e. The Morgan fingerprint density at radius 1 is 0.970 bits per heavy atom. The Morgan fingerprint density at radius 3 is 2.21 bits per heavy atom. The summed E-state index contributed by atoms with van der Waals surface area (Å²) in [5, 5.41) is 2.88. The summed E-state index contributed by atoms with van der Waals surface area (Å²) in [7, 11) is -3.60. The number of aromatic nitrogens is 2. The normalized spacial score (nSPS) is 16.7. The number of nitrogens with zero attached hydrogens (tertiary/aromatic N) is 2. The van der Waals surface area contributed by atoms with E-state index >= 15 is 0 Å². The van der Waals surface area contributed by atoms with Crippen molar-refractivity contribution in [2.75, 3.05) is 31.5 Å². The molecular weight excluding hydrogens is 442 g/mol. The summed E-state index contributed by atoms with van der Waals surface area (Å²) in [6.45, 7) is 8.99. The largest absolute Gasteiger partial charge is 0.325 e. The van der Waals surface area contributed by atoms with Gasteiger partial charge < -0.3 is 15.3 Å². The van der Waals surface area contributed by atoms with Gasteiger partial charge in [0.25, 0.3) is 0 Å². The Kier molecular flexibility index (Phi) is 6.17. The molecule has 4 rings (SSSR count). The third-order valence-corrected chi connectivity index (χ3v) is 8.39. The fourth-order valence-corrected chi connectivity index (χ4v) is 6.39. The Morgan fingerprint density at radius 2 is 1.58 bits per heavy atom. The van der Waals surface area contributed by atoms with Gasteiger partial charge in [-0.05, 0) is 57.0 Å². The number of piperazine rings is 1. The van der Waals surface area contributed by atoms with Crippen LogP contribution in [-0.4, -0.2) is 65.7 Å². The molecule has 3 aromatic rings. The summed E-state index contributed by atoms with van der Waals surface area (Å²) < 4.78 is 28.1. The van der Waals surface area contributed by atoms with Gasteiger partial charge in [-0.25, -0.2) is 13.2 Å². The Balaban J connectivity index is 1.41. The number of carbonyl (C=O) groups excluding carboxylic acids is 1. The lowest BCUT2D eigenvalue weighted by molar-refractivity contribution is -0.121. The number of amides is 1. The molecular formula is C23H29N5O4S. The van der Waals surface area contributed by atoms with Crippen molar-refractivity contribution in [1.29, 1.82) is 0 Å². The molecule has 0 spiro atoms. The average Bonchev–Trinajstić information content (AvgIpc) is 3.11. The molecule has 1 aliphatic rings. The first-order valence-corrected chi connectivity index (χ1v) is 12.4. The number of aryl methyl sites for hydroxylation is 3. The van der Waals surface area contributed by atoms with Gasteiger partial charge in [-0.1, -0.05) is 17.7 Å². The molecule has 10 heteroatoms. The van der Waals surface area contributed by atoms with Gasteiger partial charge in [0, 0.05) is 31.9 Å². The third kappa shape index (κ3) is 4.59. The molecule has 2 aromatic carbocycles. The van der Waals surface area contributed by atoms with Gasteiger partial charge in [-0.15, -0.1) is 0 Å². The highest BCUT2D eigenvalue weighted by Crippen LogP contribution is 2.26. The molecule has 0 radical (unpaired) electrons. The zero-order valence-electron chi connectivity index (χ0n) is 19.2. The third-order valence-electron chi connectivity index (χ3n) is 6.19. The van der Waals surface area contributed by atoms with Gasteiger partial charge >= 0.3 is 5.69 Å². The summed E-state index contributed by atoms with van der Waals surface area (Å²) in [4.78, 5) is 31.9. The van der Waals surface area contributed by atoms with Crippen LogP contribution in [0.1, 0.15) is 23.6 Å². The second-order valence-electron chi connectivity index (χ2n) is 8.67. The summed E-state index contributed by atoms with van der Waals surface area (Å²) in [5.74, 6) is -0.186. The molecule has 1 aliphatic heterocycles. The van der Waals surface area contributed by atoms with E-state index in [-0.39, 0.29) is 11.6 Å². The van der Waals surface area contributed by atoms with Gasteiger partial charge in [0.15, 0.2) is 0 Å². The zero-order chi connectivity index (χ0) is 23.9. The maximum atomic E-state index is 13.3. The van der Waals surface area contributed by atoms with Crippen molar-refractivity contribution in [2.45, 2.75) is 38.6 Å². The Hall–Kier alpha value is -2.95. The number of imidazole rings is 1. The Labute approximate surface area is 192 Å². The van der Waals surface area contributed by atoms with Crippen molar-refractivity contribution < 1.29 is 13.2 Å². The minimum atomic E-state index is -3.60. The number of H-pyrrole nitrogens is 2. The number of hydrogen-bond acceptors (Lipinski definition) is 5. The summed E-state index contributed by atoms with van der Waals surface area (Å²) in [6.07, 6.45) is 0. The predicted octanol–water partition coefficient (Wildman–Crippen LogP) is 2.11. The van der Waals surface area contributed by atoms with Gasteiger partial charge in [-0.3, -0.25) is 9.69 Å². The van der Waals surface area contributed by atoms with Gasteiger partial charge in [0.2, 0.25) is 15.9 Å². The smallest absolute Gasteiger partial charge is 0.323 e. The fraction of sp³-hybridized carbons (Fsp3) is 0.391. The zero-order valence-corrected chi connectivity index (χ0v) is 20.0. The lowest BCUT2D eigenvalue weighted by atomic mass is 10.1. The van der Waals surface area contributed by atoms with Gasteiger partial charge in [0.1, 0.15) is 0 Å². The summed E-state index contributed by atoms with van der Waals surface area (Å²) >= 11 is 0. The van der Waals surface area contributed by atoms with Crippen LogP contribution in [0.5, 0.6) is 0 Å². The van der Waals surface area contributed by atoms with Gasteiger partial charge in [-0.2, -0.15) is 4.31 Å². The SMILES string of the molecule is Cc1cc(C)c(S(=O)(=O)N2CCN([C@H](C)C(=O)Nc3ccc4[nH]c(=O)[nH]c4c3)CC2)c(C)c1. The highest BCUT2D eigenvalue weighted by Gasteiger charge is 2.33. The molecule has 0 aliphatic carbocycles. The molecule has 0 unspecified atom stereocenters.